The molecule has 0 unspecified atom stereocenters. The number of nitrogens with zero attached hydrogens (tertiary/aromatic N) is 3. The summed E-state index contributed by atoms with van der Waals surface area (Å²) in [6.07, 6.45) is 0. The highest BCUT2D eigenvalue weighted by atomic mass is 15.2. The summed E-state index contributed by atoms with van der Waals surface area (Å²) < 4.78 is 0. The van der Waals surface area contributed by atoms with Gasteiger partial charge in [-0.05, 0) is 26.7 Å². The molecule has 0 bridgehead atoms. The maximum Gasteiger partial charge on any atom is 0.134 e. The molecule has 0 radical (unpaired) electrons. The zero-order valence-electron chi connectivity index (χ0n) is 10.9. The normalized spacial score (nSPS) is 11.2. The molecule has 0 atom stereocenters. The highest BCUT2D eigenvalue weighted by Gasteiger charge is 2.14. The van der Waals surface area contributed by atoms with Crippen molar-refractivity contribution in [3.05, 3.63) is 11.9 Å². The molecule has 0 aliphatic carbocycles. The predicted molar refractivity (Wildman–Crippen MR) is 68.5 cm³/mol. The Kier molecular flexibility index (Phi) is 4.10. The third-order valence-electron chi connectivity index (χ3n) is 2.32. The molecule has 2 N–H and O–H groups in total. The smallest absolute Gasteiger partial charge is 0.134 e. The van der Waals surface area contributed by atoms with Crippen molar-refractivity contribution in [1.29, 1.82) is 0 Å². The van der Waals surface area contributed by atoms with Crippen molar-refractivity contribution in [3.63, 3.8) is 0 Å². The number of nitrogen functional groups attached to an aromatic ring is 1. The van der Waals surface area contributed by atoms with Crippen LogP contribution in [0.1, 0.15) is 33.5 Å². The minimum Gasteiger partial charge on any atom is -0.384 e. The van der Waals surface area contributed by atoms with Gasteiger partial charge in [-0.15, -0.1) is 0 Å². The van der Waals surface area contributed by atoms with Crippen molar-refractivity contribution in [1.82, 2.24) is 9.97 Å². The molecule has 1 heterocycles. The summed E-state index contributed by atoms with van der Waals surface area (Å²) in [5.74, 6) is 2.79. The maximum absolute atomic E-state index is 5.75. The average molecular weight is 222 g/mol. The van der Waals surface area contributed by atoms with E-state index in [-0.39, 0.29) is 0 Å². The first-order valence-corrected chi connectivity index (χ1v) is 5.78. The number of aromatic nitrogens is 2. The van der Waals surface area contributed by atoms with Gasteiger partial charge in [0.2, 0.25) is 0 Å². The Balaban J connectivity index is 3.00. The van der Waals surface area contributed by atoms with E-state index in [1.165, 1.54) is 0 Å². The monoisotopic (exact) mass is 222 g/mol. The van der Waals surface area contributed by atoms with Gasteiger partial charge in [0.25, 0.3) is 0 Å². The van der Waals surface area contributed by atoms with Gasteiger partial charge in [0.05, 0.1) is 0 Å². The Morgan fingerprint density at radius 2 is 1.88 bits per heavy atom. The van der Waals surface area contributed by atoms with E-state index < -0.39 is 0 Å². The van der Waals surface area contributed by atoms with Crippen LogP contribution in [-0.2, 0) is 0 Å². The lowest BCUT2D eigenvalue weighted by Gasteiger charge is -2.29. The fraction of sp³-hybridized carbons (Fsp3) is 0.667. The second kappa shape index (κ2) is 5.14. The third kappa shape index (κ3) is 3.36. The van der Waals surface area contributed by atoms with Gasteiger partial charge < -0.3 is 10.6 Å². The van der Waals surface area contributed by atoms with Crippen molar-refractivity contribution in [2.24, 2.45) is 5.92 Å². The molecule has 0 aliphatic rings. The molecule has 1 rings (SSSR count). The summed E-state index contributed by atoms with van der Waals surface area (Å²) in [7, 11) is 0. The predicted octanol–water partition coefficient (Wildman–Crippen LogP) is 2.24. The molecular weight excluding hydrogens is 200 g/mol. The first-order valence-electron chi connectivity index (χ1n) is 5.78. The van der Waals surface area contributed by atoms with Gasteiger partial charge in [0.15, 0.2) is 0 Å². The third-order valence-corrected chi connectivity index (χ3v) is 2.32. The molecule has 0 aliphatic heterocycles. The molecule has 0 amide bonds. The van der Waals surface area contributed by atoms with Crippen molar-refractivity contribution in [2.45, 2.75) is 40.7 Å². The lowest BCUT2D eigenvalue weighted by molar-refractivity contribution is 0.565. The summed E-state index contributed by atoms with van der Waals surface area (Å²) in [4.78, 5) is 10.8. The zero-order chi connectivity index (χ0) is 12.3. The summed E-state index contributed by atoms with van der Waals surface area (Å²) in [5.41, 5.74) is 5.75. The van der Waals surface area contributed by atoms with Crippen LogP contribution in [0.25, 0.3) is 0 Å². The molecule has 4 heteroatoms. The SMILES string of the molecule is Cc1nc(N)cc(N(CC(C)C)C(C)C)n1. The Labute approximate surface area is 97.9 Å². The first-order chi connectivity index (χ1) is 7.40. The molecule has 0 fully saturated rings. The van der Waals surface area contributed by atoms with E-state index in [4.69, 9.17) is 5.73 Å². The number of hydrogen-bond donors (Lipinski definition) is 1. The topological polar surface area (TPSA) is 55.0 Å². The van der Waals surface area contributed by atoms with Crippen molar-refractivity contribution >= 4 is 11.6 Å². The van der Waals surface area contributed by atoms with Crippen LogP contribution in [0.5, 0.6) is 0 Å². The van der Waals surface area contributed by atoms with Crippen LogP contribution in [-0.4, -0.2) is 22.6 Å². The number of hydrogen-bond acceptors (Lipinski definition) is 4. The minimum atomic E-state index is 0.413. The summed E-state index contributed by atoms with van der Waals surface area (Å²) >= 11 is 0. The molecule has 1 aromatic heterocycles. The number of rotatable bonds is 4. The molecular formula is C12H22N4. The minimum absolute atomic E-state index is 0.413. The van der Waals surface area contributed by atoms with Gasteiger partial charge in [-0.2, -0.15) is 0 Å². The average Bonchev–Trinajstić information content (AvgIpc) is 2.11. The Morgan fingerprint density at radius 1 is 1.25 bits per heavy atom. The van der Waals surface area contributed by atoms with E-state index in [1.54, 1.807) is 0 Å². The van der Waals surface area contributed by atoms with Gasteiger partial charge >= 0.3 is 0 Å². The van der Waals surface area contributed by atoms with Gasteiger partial charge in [-0.1, -0.05) is 13.8 Å². The molecule has 0 aromatic carbocycles. The van der Waals surface area contributed by atoms with Crippen molar-refractivity contribution in [2.75, 3.05) is 17.2 Å². The molecule has 16 heavy (non-hydrogen) atoms. The summed E-state index contributed by atoms with van der Waals surface area (Å²) in [6, 6.07) is 2.26. The second-order valence-electron chi connectivity index (χ2n) is 4.84. The summed E-state index contributed by atoms with van der Waals surface area (Å²) in [5, 5.41) is 0. The summed E-state index contributed by atoms with van der Waals surface area (Å²) in [6.45, 7) is 11.6. The number of nitrogens with two attached hydrogens (primary N) is 1. The Hall–Kier alpha value is -1.32. The molecule has 0 spiro atoms. The highest BCUT2D eigenvalue weighted by molar-refractivity contribution is 5.47. The van der Waals surface area contributed by atoms with Gasteiger partial charge in [-0.25, -0.2) is 9.97 Å². The molecule has 0 saturated carbocycles. The standard InChI is InChI=1S/C12H22N4/c1-8(2)7-16(9(3)4)12-6-11(13)14-10(5)15-12/h6,8-9H,7H2,1-5H3,(H2,13,14,15). The largest absolute Gasteiger partial charge is 0.384 e. The highest BCUT2D eigenvalue weighted by Crippen LogP contribution is 2.18. The van der Waals surface area contributed by atoms with E-state index in [9.17, 15) is 0 Å². The van der Waals surface area contributed by atoms with Gasteiger partial charge in [0.1, 0.15) is 17.5 Å². The van der Waals surface area contributed by atoms with Crippen LogP contribution in [0.3, 0.4) is 0 Å². The van der Waals surface area contributed by atoms with E-state index in [1.807, 2.05) is 13.0 Å². The van der Waals surface area contributed by atoms with Gasteiger partial charge in [0, 0.05) is 18.7 Å². The van der Waals surface area contributed by atoms with Crippen LogP contribution in [0.15, 0.2) is 6.07 Å². The lowest BCUT2D eigenvalue weighted by Crippen LogP contribution is -2.35. The zero-order valence-corrected chi connectivity index (χ0v) is 10.9. The maximum atomic E-state index is 5.75. The van der Waals surface area contributed by atoms with Crippen LogP contribution in [0, 0.1) is 12.8 Å². The number of aryl methyl sites for hydroxylation is 1. The molecule has 1 aromatic rings. The van der Waals surface area contributed by atoms with Crippen LogP contribution in [0.2, 0.25) is 0 Å². The Bertz CT molecular complexity index is 327. The molecule has 0 saturated heterocycles. The van der Waals surface area contributed by atoms with Crippen molar-refractivity contribution in [3.8, 4) is 0 Å². The second-order valence-corrected chi connectivity index (χ2v) is 4.84. The van der Waals surface area contributed by atoms with E-state index in [0.717, 1.165) is 18.2 Å². The van der Waals surface area contributed by atoms with Crippen LogP contribution >= 0.6 is 0 Å². The van der Waals surface area contributed by atoms with E-state index in [2.05, 4.69) is 42.6 Å². The van der Waals surface area contributed by atoms with E-state index >= 15 is 0 Å². The number of anilines is 2. The fourth-order valence-corrected chi connectivity index (χ4v) is 1.68. The first kappa shape index (κ1) is 12.7. The van der Waals surface area contributed by atoms with Crippen molar-refractivity contribution < 1.29 is 0 Å². The van der Waals surface area contributed by atoms with Gasteiger partial charge in [-0.3, -0.25) is 0 Å². The van der Waals surface area contributed by atoms with Crippen LogP contribution < -0.4 is 10.6 Å². The lowest BCUT2D eigenvalue weighted by atomic mass is 10.2. The molecule has 4 nitrogen and oxygen atoms in total. The van der Waals surface area contributed by atoms with Crippen LogP contribution in [0.4, 0.5) is 11.6 Å². The quantitative estimate of drug-likeness (QED) is 0.849. The Morgan fingerprint density at radius 3 is 2.31 bits per heavy atom. The molecule has 90 valence electrons. The van der Waals surface area contributed by atoms with E-state index in [0.29, 0.717) is 17.8 Å². The fourth-order valence-electron chi connectivity index (χ4n) is 1.68.